The number of nitrogens with zero attached hydrogens (tertiary/aromatic N) is 2. The maximum absolute atomic E-state index is 12.6. The van der Waals surface area contributed by atoms with E-state index in [-0.39, 0.29) is 43.4 Å². The van der Waals surface area contributed by atoms with E-state index in [1.807, 2.05) is 37.3 Å². The molecule has 1 aliphatic heterocycles. The molecule has 142 valence electrons. The molecule has 0 unspecified atom stereocenters. The van der Waals surface area contributed by atoms with Crippen LogP contribution >= 0.6 is 0 Å². The second-order valence-electron chi connectivity index (χ2n) is 6.47. The number of rotatable bonds is 4. The summed E-state index contributed by atoms with van der Waals surface area (Å²) < 4.78 is 26.4. The SMILES string of the molecule is Cc1ccc(O)c(C(=O)N2CCN(S(=O)(=O)/C=C/c3ccccc3)CC2)c1. The number of phenols is 1. The smallest absolute Gasteiger partial charge is 0.257 e. The van der Waals surface area contributed by atoms with Crippen LogP contribution in [0.2, 0.25) is 0 Å². The molecule has 0 spiro atoms. The van der Waals surface area contributed by atoms with Crippen LogP contribution in [0.25, 0.3) is 6.08 Å². The molecule has 2 aromatic carbocycles. The maximum atomic E-state index is 12.6. The topological polar surface area (TPSA) is 77.9 Å². The molecule has 6 nitrogen and oxygen atoms in total. The van der Waals surface area contributed by atoms with Crippen molar-refractivity contribution in [1.29, 1.82) is 0 Å². The van der Waals surface area contributed by atoms with Gasteiger partial charge in [-0.1, -0.05) is 42.0 Å². The van der Waals surface area contributed by atoms with Crippen LogP contribution in [0.3, 0.4) is 0 Å². The van der Waals surface area contributed by atoms with E-state index in [1.54, 1.807) is 23.1 Å². The lowest BCUT2D eigenvalue weighted by atomic mass is 10.1. The van der Waals surface area contributed by atoms with Gasteiger partial charge in [-0.2, -0.15) is 4.31 Å². The molecule has 0 saturated carbocycles. The fourth-order valence-electron chi connectivity index (χ4n) is 2.95. The Morgan fingerprint density at radius 2 is 1.70 bits per heavy atom. The van der Waals surface area contributed by atoms with E-state index in [2.05, 4.69) is 0 Å². The minimum atomic E-state index is -3.54. The molecule has 0 radical (unpaired) electrons. The van der Waals surface area contributed by atoms with Gasteiger partial charge in [0.25, 0.3) is 5.91 Å². The molecule has 0 aliphatic carbocycles. The van der Waals surface area contributed by atoms with Gasteiger partial charge in [-0.05, 0) is 30.7 Å². The van der Waals surface area contributed by atoms with E-state index in [0.29, 0.717) is 0 Å². The Balaban J connectivity index is 1.65. The average Bonchev–Trinajstić information content (AvgIpc) is 2.69. The van der Waals surface area contributed by atoms with Gasteiger partial charge in [0.2, 0.25) is 10.0 Å². The molecular formula is C20H22N2O4S. The van der Waals surface area contributed by atoms with E-state index >= 15 is 0 Å². The summed E-state index contributed by atoms with van der Waals surface area (Å²) in [5.74, 6) is -0.348. The zero-order chi connectivity index (χ0) is 19.4. The number of aromatic hydroxyl groups is 1. The zero-order valence-electron chi connectivity index (χ0n) is 15.1. The van der Waals surface area contributed by atoms with Crippen molar-refractivity contribution in [3.63, 3.8) is 0 Å². The first-order valence-electron chi connectivity index (χ1n) is 8.69. The third-order valence-electron chi connectivity index (χ3n) is 4.50. The molecular weight excluding hydrogens is 364 g/mol. The van der Waals surface area contributed by atoms with Crippen LogP contribution in [-0.4, -0.2) is 54.8 Å². The summed E-state index contributed by atoms with van der Waals surface area (Å²) >= 11 is 0. The van der Waals surface area contributed by atoms with Gasteiger partial charge in [-0.15, -0.1) is 0 Å². The Labute approximate surface area is 159 Å². The molecule has 7 heteroatoms. The van der Waals surface area contributed by atoms with Crippen molar-refractivity contribution < 1.29 is 18.3 Å². The van der Waals surface area contributed by atoms with Gasteiger partial charge in [0.15, 0.2) is 0 Å². The number of hydrogen-bond acceptors (Lipinski definition) is 4. The number of carbonyl (C=O) groups is 1. The van der Waals surface area contributed by atoms with Crippen molar-refractivity contribution in [2.45, 2.75) is 6.92 Å². The maximum Gasteiger partial charge on any atom is 0.257 e. The van der Waals surface area contributed by atoms with E-state index in [9.17, 15) is 18.3 Å². The number of benzene rings is 2. The molecule has 1 fully saturated rings. The fourth-order valence-corrected chi connectivity index (χ4v) is 4.13. The molecule has 1 amide bonds. The van der Waals surface area contributed by atoms with Gasteiger partial charge in [-0.3, -0.25) is 4.79 Å². The lowest BCUT2D eigenvalue weighted by Crippen LogP contribution is -2.50. The highest BCUT2D eigenvalue weighted by atomic mass is 32.2. The largest absolute Gasteiger partial charge is 0.507 e. The van der Waals surface area contributed by atoms with Crippen LogP contribution in [0.1, 0.15) is 21.5 Å². The number of aryl methyl sites for hydroxylation is 1. The molecule has 27 heavy (non-hydrogen) atoms. The standard InChI is InChI=1S/C20H22N2O4S/c1-16-7-8-19(23)18(15-16)20(24)21-10-12-22(13-11-21)27(25,26)14-9-17-5-3-2-4-6-17/h2-9,14-15,23H,10-13H2,1H3/b14-9+. The number of carbonyl (C=O) groups excluding carboxylic acids is 1. The Kier molecular flexibility index (Phi) is 5.62. The molecule has 1 N–H and O–H groups in total. The third kappa shape index (κ3) is 4.56. The van der Waals surface area contributed by atoms with Gasteiger partial charge in [0.05, 0.1) is 5.56 Å². The highest BCUT2D eigenvalue weighted by Crippen LogP contribution is 2.21. The van der Waals surface area contributed by atoms with Crippen LogP contribution < -0.4 is 0 Å². The lowest BCUT2D eigenvalue weighted by Gasteiger charge is -2.33. The highest BCUT2D eigenvalue weighted by Gasteiger charge is 2.28. The second-order valence-corrected chi connectivity index (χ2v) is 8.29. The van der Waals surface area contributed by atoms with Gasteiger partial charge in [0, 0.05) is 31.6 Å². The van der Waals surface area contributed by atoms with E-state index < -0.39 is 10.0 Å². The summed E-state index contributed by atoms with van der Waals surface area (Å²) in [5.41, 5.74) is 1.93. The fraction of sp³-hybridized carbons (Fsp3) is 0.250. The lowest BCUT2D eigenvalue weighted by molar-refractivity contribution is 0.0695. The normalized spacial score (nSPS) is 16.0. The van der Waals surface area contributed by atoms with Gasteiger partial charge < -0.3 is 10.0 Å². The first-order valence-corrected chi connectivity index (χ1v) is 10.2. The van der Waals surface area contributed by atoms with Gasteiger partial charge >= 0.3 is 0 Å². The Bertz CT molecular complexity index is 947. The molecule has 1 saturated heterocycles. The van der Waals surface area contributed by atoms with Crippen LogP contribution in [0.4, 0.5) is 0 Å². The minimum absolute atomic E-state index is 0.0635. The molecule has 2 aromatic rings. The quantitative estimate of drug-likeness (QED) is 0.876. The van der Waals surface area contributed by atoms with Crippen molar-refractivity contribution in [3.8, 4) is 5.75 Å². The number of hydrogen-bond donors (Lipinski definition) is 1. The van der Waals surface area contributed by atoms with E-state index in [0.717, 1.165) is 11.1 Å². The third-order valence-corrected chi connectivity index (χ3v) is 6.07. The van der Waals surface area contributed by atoms with Crippen molar-refractivity contribution in [1.82, 2.24) is 9.21 Å². The highest BCUT2D eigenvalue weighted by molar-refractivity contribution is 7.92. The predicted molar refractivity (Wildman–Crippen MR) is 105 cm³/mol. The van der Waals surface area contributed by atoms with Crippen LogP contribution in [-0.2, 0) is 10.0 Å². The summed E-state index contributed by atoms with van der Waals surface area (Å²) in [7, 11) is -3.54. The average molecular weight is 386 g/mol. The van der Waals surface area contributed by atoms with Crippen molar-refractivity contribution in [2.75, 3.05) is 26.2 Å². The summed E-state index contributed by atoms with van der Waals surface area (Å²) in [6, 6.07) is 14.1. The summed E-state index contributed by atoms with van der Waals surface area (Å²) in [5, 5.41) is 11.1. The van der Waals surface area contributed by atoms with Crippen molar-refractivity contribution >= 4 is 22.0 Å². The number of piperazine rings is 1. The van der Waals surface area contributed by atoms with Crippen LogP contribution in [0.5, 0.6) is 5.75 Å². The number of sulfonamides is 1. The number of phenolic OH excluding ortho intramolecular Hbond substituents is 1. The Morgan fingerprint density at radius 1 is 1.04 bits per heavy atom. The van der Waals surface area contributed by atoms with Crippen LogP contribution in [0.15, 0.2) is 53.9 Å². The number of amides is 1. The van der Waals surface area contributed by atoms with E-state index in [4.69, 9.17) is 0 Å². The van der Waals surface area contributed by atoms with Gasteiger partial charge in [-0.25, -0.2) is 8.42 Å². The molecule has 3 rings (SSSR count). The molecule has 0 aromatic heterocycles. The summed E-state index contributed by atoms with van der Waals surface area (Å²) in [6.45, 7) is 2.86. The van der Waals surface area contributed by atoms with E-state index in [1.165, 1.54) is 15.8 Å². The first kappa shape index (κ1) is 19.1. The predicted octanol–water partition coefficient (Wildman–Crippen LogP) is 2.46. The zero-order valence-corrected chi connectivity index (χ0v) is 15.9. The second kappa shape index (κ2) is 7.94. The Hall–Kier alpha value is -2.64. The molecule has 0 bridgehead atoms. The Morgan fingerprint density at radius 3 is 2.37 bits per heavy atom. The van der Waals surface area contributed by atoms with Gasteiger partial charge in [0.1, 0.15) is 5.75 Å². The van der Waals surface area contributed by atoms with Crippen LogP contribution in [0, 0.1) is 6.92 Å². The first-order chi connectivity index (χ1) is 12.9. The summed E-state index contributed by atoms with van der Waals surface area (Å²) in [6.07, 6.45) is 1.57. The summed E-state index contributed by atoms with van der Waals surface area (Å²) in [4.78, 5) is 14.2. The molecule has 1 heterocycles. The van der Waals surface area contributed by atoms with Crippen molar-refractivity contribution in [2.24, 2.45) is 0 Å². The molecule has 0 atom stereocenters. The minimum Gasteiger partial charge on any atom is -0.507 e. The monoisotopic (exact) mass is 386 g/mol. The molecule has 1 aliphatic rings. The van der Waals surface area contributed by atoms with Crippen molar-refractivity contribution in [3.05, 3.63) is 70.6 Å².